The molecule has 3 aromatic rings. The molecule has 0 aliphatic heterocycles. The third-order valence-corrected chi connectivity index (χ3v) is 3.00. The molecule has 2 aromatic heterocycles. The lowest BCUT2D eigenvalue weighted by molar-refractivity contribution is 0.102. The zero-order valence-corrected chi connectivity index (χ0v) is 11.0. The Labute approximate surface area is 116 Å². The molecule has 0 saturated carbocycles. The van der Waals surface area contributed by atoms with Crippen LogP contribution in [-0.4, -0.2) is 15.9 Å². The Bertz CT molecular complexity index is 778. The van der Waals surface area contributed by atoms with Gasteiger partial charge in [0.25, 0.3) is 5.91 Å². The van der Waals surface area contributed by atoms with Gasteiger partial charge in [0.05, 0.1) is 11.2 Å². The van der Waals surface area contributed by atoms with Crippen molar-refractivity contribution >= 4 is 22.5 Å². The van der Waals surface area contributed by atoms with E-state index in [9.17, 15) is 4.79 Å². The van der Waals surface area contributed by atoms with E-state index < -0.39 is 0 Å². The number of aromatic nitrogens is 2. The Morgan fingerprint density at radius 1 is 1.05 bits per heavy atom. The molecule has 0 saturated heterocycles. The number of nitrogens with one attached hydrogen (secondary N) is 1. The molecule has 3 rings (SSSR count). The van der Waals surface area contributed by atoms with Crippen LogP contribution in [0.4, 0.5) is 5.69 Å². The van der Waals surface area contributed by atoms with Crippen molar-refractivity contribution in [2.24, 2.45) is 0 Å². The number of carbonyl (C=O) groups excluding carboxylic acids is 1. The summed E-state index contributed by atoms with van der Waals surface area (Å²) in [7, 11) is 0. The van der Waals surface area contributed by atoms with Crippen LogP contribution in [0.25, 0.3) is 10.9 Å². The first-order valence-electron chi connectivity index (χ1n) is 6.33. The first-order valence-corrected chi connectivity index (χ1v) is 6.33. The summed E-state index contributed by atoms with van der Waals surface area (Å²) in [5, 5.41) is 3.85. The molecule has 4 heteroatoms. The van der Waals surface area contributed by atoms with Gasteiger partial charge < -0.3 is 5.32 Å². The Hall–Kier alpha value is -2.75. The molecular formula is C16H13N3O. The van der Waals surface area contributed by atoms with Gasteiger partial charge in [-0.25, -0.2) is 4.98 Å². The average molecular weight is 263 g/mol. The number of hydrogen-bond donors (Lipinski definition) is 1. The number of hydrogen-bond acceptors (Lipinski definition) is 3. The van der Waals surface area contributed by atoms with Crippen molar-refractivity contribution in [2.45, 2.75) is 6.92 Å². The van der Waals surface area contributed by atoms with E-state index in [1.165, 1.54) is 0 Å². The van der Waals surface area contributed by atoms with Gasteiger partial charge in [-0.2, -0.15) is 0 Å². The maximum Gasteiger partial charge on any atom is 0.274 e. The van der Waals surface area contributed by atoms with Gasteiger partial charge >= 0.3 is 0 Å². The van der Waals surface area contributed by atoms with Crippen molar-refractivity contribution in [2.75, 3.05) is 5.32 Å². The van der Waals surface area contributed by atoms with Crippen molar-refractivity contribution in [1.82, 2.24) is 9.97 Å². The van der Waals surface area contributed by atoms with E-state index in [2.05, 4.69) is 15.3 Å². The molecule has 1 N–H and O–H groups in total. The molecule has 0 fully saturated rings. The van der Waals surface area contributed by atoms with Crippen molar-refractivity contribution in [3.05, 3.63) is 66.1 Å². The van der Waals surface area contributed by atoms with Crippen LogP contribution in [-0.2, 0) is 0 Å². The molecule has 0 aliphatic rings. The van der Waals surface area contributed by atoms with Crippen LogP contribution in [0.5, 0.6) is 0 Å². The van der Waals surface area contributed by atoms with Crippen LogP contribution in [0, 0.1) is 6.92 Å². The van der Waals surface area contributed by atoms with Crippen molar-refractivity contribution in [1.29, 1.82) is 0 Å². The Morgan fingerprint density at radius 3 is 2.70 bits per heavy atom. The summed E-state index contributed by atoms with van der Waals surface area (Å²) in [4.78, 5) is 20.7. The fourth-order valence-electron chi connectivity index (χ4n) is 2.06. The number of amides is 1. The van der Waals surface area contributed by atoms with E-state index in [-0.39, 0.29) is 5.91 Å². The minimum Gasteiger partial charge on any atom is -0.319 e. The van der Waals surface area contributed by atoms with Gasteiger partial charge in [0.1, 0.15) is 5.69 Å². The topological polar surface area (TPSA) is 54.9 Å². The largest absolute Gasteiger partial charge is 0.319 e. The van der Waals surface area contributed by atoms with Crippen LogP contribution in [0.15, 0.2) is 54.7 Å². The monoisotopic (exact) mass is 263 g/mol. The number of carbonyl (C=O) groups is 1. The number of rotatable bonds is 2. The van der Waals surface area contributed by atoms with Gasteiger partial charge in [0, 0.05) is 17.3 Å². The SMILES string of the molecule is Cc1cccc(C(=O)Nc2cccc3cccnc23)n1. The minimum atomic E-state index is -0.230. The molecule has 0 aliphatic carbocycles. The van der Waals surface area contributed by atoms with Crippen LogP contribution in [0.2, 0.25) is 0 Å². The standard InChI is InChI=1S/C16H13N3O/c1-11-5-2-9-14(18-11)16(20)19-13-8-3-6-12-7-4-10-17-15(12)13/h2-10H,1H3,(H,19,20). The van der Waals surface area contributed by atoms with E-state index in [1.807, 2.05) is 49.4 Å². The summed E-state index contributed by atoms with van der Waals surface area (Å²) in [5.41, 5.74) is 2.68. The number of benzene rings is 1. The molecule has 0 spiro atoms. The Kier molecular flexibility index (Phi) is 3.13. The highest BCUT2D eigenvalue weighted by Crippen LogP contribution is 2.21. The van der Waals surface area contributed by atoms with E-state index in [4.69, 9.17) is 0 Å². The van der Waals surface area contributed by atoms with Crippen LogP contribution in [0.3, 0.4) is 0 Å². The smallest absolute Gasteiger partial charge is 0.274 e. The molecule has 4 nitrogen and oxygen atoms in total. The molecule has 1 amide bonds. The molecule has 2 heterocycles. The zero-order chi connectivity index (χ0) is 13.9. The zero-order valence-electron chi connectivity index (χ0n) is 11.0. The lowest BCUT2D eigenvalue weighted by Crippen LogP contribution is -2.14. The number of fused-ring (bicyclic) bond motifs is 1. The molecule has 98 valence electrons. The normalized spacial score (nSPS) is 10.4. The number of para-hydroxylation sites is 1. The highest BCUT2D eigenvalue weighted by atomic mass is 16.1. The van der Waals surface area contributed by atoms with Crippen molar-refractivity contribution in [3.63, 3.8) is 0 Å². The molecule has 0 atom stereocenters. The van der Waals surface area contributed by atoms with Crippen molar-refractivity contribution < 1.29 is 4.79 Å². The fourth-order valence-corrected chi connectivity index (χ4v) is 2.06. The van der Waals surface area contributed by atoms with Crippen LogP contribution in [0.1, 0.15) is 16.2 Å². The van der Waals surface area contributed by atoms with Gasteiger partial charge in [-0.3, -0.25) is 9.78 Å². The Balaban J connectivity index is 1.95. The third kappa shape index (κ3) is 2.36. The van der Waals surface area contributed by atoms with E-state index >= 15 is 0 Å². The summed E-state index contributed by atoms with van der Waals surface area (Å²) in [6.45, 7) is 1.86. The number of nitrogens with zero attached hydrogens (tertiary/aromatic N) is 2. The summed E-state index contributed by atoms with van der Waals surface area (Å²) < 4.78 is 0. The van der Waals surface area contributed by atoms with Gasteiger partial charge in [-0.1, -0.05) is 24.3 Å². The van der Waals surface area contributed by atoms with Gasteiger partial charge in [0.15, 0.2) is 0 Å². The maximum atomic E-state index is 12.2. The van der Waals surface area contributed by atoms with E-state index in [1.54, 1.807) is 12.3 Å². The summed E-state index contributed by atoms with van der Waals surface area (Å²) in [6, 6.07) is 14.9. The Morgan fingerprint density at radius 2 is 1.85 bits per heavy atom. The fraction of sp³-hybridized carbons (Fsp3) is 0.0625. The maximum absolute atomic E-state index is 12.2. The number of pyridine rings is 2. The number of aryl methyl sites for hydroxylation is 1. The highest BCUT2D eigenvalue weighted by Gasteiger charge is 2.10. The lowest BCUT2D eigenvalue weighted by atomic mass is 10.2. The van der Waals surface area contributed by atoms with Gasteiger partial charge in [0.2, 0.25) is 0 Å². The first-order chi connectivity index (χ1) is 9.74. The van der Waals surface area contributed by atoms with Crippen LogP contribution < -0.4 is 5.32 Å². The molecule has 1 aromatic carbocycles. The third-order valence-electron chi connectivity index (χ3n) is 3.00. The summed E-state index contributed by atoms with van der Waals surface area (Å²) in [5.74, 6) is -0.230. The van der Waals surface area contributed by atoms with Crippen LogP contribution >= 0.6 is 0 Å². The van der Waals surface area contributed by atoms with E-state index in [0.29, 0.717) is 11.4 Å². The number of anilines is 1. The quantitative estimate of drug-likeness (QED) is 0.772. The second-order valence-corrected chi connectivity index (χ2v) is 4.50. The van der Waals surface area contributed by atoms with E-state index in [0.717, 1.165) is 16.6 Å². The second-order valence-electron chi connectivity index (χ2n) is 4.50. The summed E-state index contributed by atoms with van der Waals surface area (Å²) >= 11 is 0. The summed E-state index contributed by atoms with van der Waals surface area (Å²) in [6.07, 6.45) is 1.71. The van der Waals surface area contributed by atoms with Gasteiger partial charge in [-0.05, 0) is 31.2 Å². The molecule has 0 bridgehead atoms. The molecule has 0 radical (unpaired) electrons. The predicted octanol–water partition coefficient (Wildman–Crippen LogP) is 3.19. The van der Waals surface area contributed by atoms with Crippen molar-refractivity contribution in [3.8, 4) is 0 Å². The first kappa shape index (κ1) is 12.3. The molecule has 20 heavy (non-hydrogen) atoms. The predicted molar refractivity (Wildman–Crippen MR) is 78.7 cm³/mol. The highest BCUT2D eigenvalue weighted by molar-refractivity contribution is 6.07. The molecule has 0 unspecified atom stereocenters. The molecular weight excluding hydrogens is 250 g/mol. The van der Waals surface area contributed by atoms with Gasteiger partial charge in [-0.15, -0.1) is 0 Å². The average Bonchev–Trinajstić information content (AvgIpc) is 2.47. The second kappa shape index (κ2) is 5.09. The lowest BCUT2D eigenvalue weighted by Gasteiger charge is -2.07. The minimum absolute atomic E-state index is 0.230.